The van der Waals surface area contributed by atoms with Gasteiger partial charge in [0, 0.05) is 47.0 Å². The van der Waals surface area contributed by atoms with Gasteiger partial charge in [-0.15, -0.1) is 20.6 Å². The third kappa shape index (κ3) is 3.53. The third-order valence-electron chi connectivity index (χ3n) is 7.24. The SMILES string of the molecule is CN(C)C1CCCN(c2ncc3c4c(c(-c5ncc(F)c6sc(N)c(C#N)c56)c(P)c3n2)COC4)C1. The van der Waals surface area contributed by atoms with Crippen molar-refractivity contribution in [2.75, 3.05) is 37.8 Å². The van der Waals surface area contributed by atoms with Gasteiger partial charge in [0.15, 0.2) is 5.82 Å². The fraction of sp³-hybridized carbons (Fsp3) is 0.360. The minimum Gasteiger partial charge on any atom is -0.389 e. The number of ether oxygens (including phenoxy) is 1. The number of anilines is 2. The quantitative estimate of drug-likeness (QED) is 0.408. The highest BCUT2D eigenvalue weighted by Gasteiger charge is 2.29. The molecule has 8 nitrogen and oxygen atoms in total. The Morgan fingerprint density at radius 2 is 2.08 bits per heavy atom. The van der Waals surface area contributed by atoms with Crippen LogP contribution in [0.25, 0.3) is 32.2 Å². The van der Waals surface area contributed by atoms with Gasteiger partial charge >= 0.3 is 0 Å². The number of fused-ring (bicyclic) bond motifs is 4. The van der Waals surface area contributed by atoms with Crippen LogP contribution in [0.1, 0.15) is 29.5 Å². The smallest absolute Gasteiger partial charge is 0.225 e. The molecular weight excluding hydrogens is 496 g/mol. The predicted molar refractivity (Wildman–Crippen MR) is 144 cm³/mol. The van der Waals surface area contributed by atoms with Crippen LogP contribution in [-0.4, -0.2) is 53.1 Å². The summed E-state index contributed by atoms with van der Waals surface area (Å²) < 4.78 is 20.9. The number of likely N-dealkylation sites (N-methyl/N-ethyl adjacent to an activating group) is 1. The van der Waals surface area contributed by atoms with E-state index >= 15 is 0 Å². The van der Waals surface area contributed by atoms with Gasteiger partial charge in [-0.2, -0.15) is 5.26 Å². The second-order valence-corrected chi connectivity index (χ2v) is 11.1. The molecule has 2 aliphatic rings. The average molecular weight is 522 g/mol. The largest absolute Gasteiger partial charge is 0.389 e. The van der Waals surface area contributed by atoms with Crippen molar-refractivity contribution < 1.29 is 9.13 Å². The van der Waals surface area contributed by atoms with Gasteiger partial charge in [0.05, 0.1) is 40.9 Å². The summed E-state index contributed by atoms with van der Waals surface area (Å²) in [5, 5.41) is 12.3. The van der Waals surface area contributed by atoms with Crippen molar-refractivity contribution in [3.8, 4) is 17.3 Å². The van der Waals surface area contributed by atoms with E-state index in [-0.39, 0.29) is 10.6 Å². The number of halogens is 1. The number of aromatic nitrogens is 3. The average Bonchev–Trinajstić information content (AvgIpc) is 3.50. The standard InChI is InChI=1S/C25H25FN7OPS/c1-32(2)12-4-3-5-33(9-12)25-30-7-14-15-10-34-11-16(15)18(22(35)20(14)31-25)21-19-13(6-27)24(28)36-23(19)17(26)8-29-21/h7-8,12H,3-5,9-11,28,35H2,1-2H3. The van der Waals surface area contributed by atoms with E-state index in [0.717, 1.165) is 70.2 Å². The second kappa shape index (κ2) is 8.86. The summed E-state index contributed by atoms with van der Waals surface area (Å²) in [6, 6.07) is 2.60. The lowest BCUT2D eigenvalue weighted by molar-refractivity contribution is 0.135. The molecule has 2 aliphatic heterocycles. The van der Waals surface area contributed by atoms with Crippen LogP contribution in [0.4, 0.5) is 15.3 Å². The van der Waals surface area contributed by atoms with Gasteiger partial charge in [-0.25, -0.2) is 14.4 Å². The van der Waals surface area contributed by atoms with Crippen LogP contribution in [-0.2, 0) is 18.0 Å². The number of hydrogen-bond acceptors (Lipinski definition) is 9. The molecule has 2 atom stereocenters. The van der Waals surface area contributed by atoms with Crippen molar-refractivity contribution in [3.05, 3.63) is 34.9 Å². The van der Waals surface area contributed by atoms with Crippen LogP contribution >= 0.6 is 20.6 Å². The van der Waals surface area contributed by atoms with Crippen LogP contribution in [0, 0.1) is 17.1 Å². The zero-order chi connectivity index (χ0) is 25.1. The third-order valence-corrected chi connectivity index (χ3v) is 8.83. The van der Waals surface area contributed by atoms with E-state index < -0.39 is 5.82 Å². The topological polar surface area (TPSA) is 104 Å². The van der Waals surface area contributed by atoms with Gasteiger partial charge in [0.1, 0.15) is 11.1 Å². The first-order valence-corrected chi connectivity index (χ1v) is 13.1. The van der Waals surface area contributed by atoms with Crippen LogP contribution in [0.5, 0.6) is 0 Å². The molecule has 4 aromatic rings. The first-order chi connectivity index (χ1) is 17.4. The maximum atomic E-state index is 14.7. The lowest BCUT2D eigenvalue weighted by atomic mass is 9.94. The Balaban J connectivity index is 1.59. The molecule has 0 saturated carbocycles. The van der Waals surface area contributed by atoms with Crippen molar-refractivity contribution in [2.24, 2.45) is 0 Å². The monoisotopic (exact) mass is 521 g/mol. The molecule has 2 N–H and O–H groups in total. The number of nitrogens with zero attached hydrogens (tertiary/aromatic N) is 6. The number of piperidine rings is 1. The number of thiophene rings is 1. The summed E-state index contributed by atoms with van der Waals surface area (Å²) in [6.07, 6.45) is 5.32. The molecule has 36 heavy (non-hydrogen) atoms. The maximum absolute atomic E-state index is 14.7. The number of pyridine rings is 1. The molecule has 0 aliphatic carbocycles. The van der Waals surface area contributed by atoms with Crippen LogP contribution in [0.15, 0.2) is 12.4 Å². The number of hydrogen-bond donors (Lipinski definition) is 1. The van der Waals surface area contributed by atoms with Crippen molar-refractivity contribution in [3.63, 3.8) is 0 Å². The molecule has 0 amide bonds. The van der Waals surface area contributed by atoms with Crippen LogP contribution < -0.4 is 15.9 Å². The Morgan fingerprint density at radius 3 is 2.86 bits per heavy atom. The fourth-order valence-corrected chi connectivity index (χ4v) is 6.79. The normalized spacial score (nSPS) is 17.8. The minimum atomic E-state index is -0.490. The van der Waals surface area contributed by atoms with Crippen molar-refractivity contribution in [2.45, 2.75) is 32.1 Å². The van der Waals surface area contributed by atoms with E-state index in [0.29, 0.717) is 41.0 Å². The second-order valence-electron chi connectivity index (χ2n) is 9.49. The zero-order valence-electron chi connectivity index (χ0n) is 20.0. The Morgan fingerprint density at radius 1 is 1.28 bits per heavy atom. The lowest BCUT2D eigenvalue weighted by Crippen LogP contribution is -2.45. The van der Waals surface area contributed by atoms with Crippen molar-refractivity contribution >= 4 is 57.8 Å². The van der Waals surface area contributed by atoms with Gasteiger partial charge in [-0.1, -0.05) is 0 Å². The van der Waals surface area contributed by atoms with E-state index in [9.17, 15) is 9.65 Å². The van der Waals surface area contributed by atoms with E-state index in [4.69, 9.17) is 20.4 Å². The molecule has 11 heteroatoms. The molecule has 0 radical (unpaired) electrons. The molecule has 0 bridgehead atoms. The maximum Gasteiger partial charge on any atom is 0.225 e. The first-order valence-electron chi connectivity index (χ1n) is 11.7. The molecule has 5 heterocycles. The van der Waals surface area contributed by atoms with Crippen molar-refractivity contribution in [1.82, 2.24) is 19.9 Å². The Labute approximate surface area is 214 Å². The molecule has 3 aromatic heterocycles. The Bertz CT molecular complexity index is 1580. The number of rotatable bonds is 3. The van der Waals surface area contributed by atoms with Gasteiger partial charge in [0.2, 0.25) is 5.95 Å². The molecule has 1 aromatic carbocycles. The fourth-order valence-electron chi connectivity index (χ4n) is 5.34. The highest BCUT2D eigenvalue weighted by Crippen LogP contribution is 2.43. The summed E-state index contributed by atoms with van der Waals surface area (Å²) in [5.74, 6) is 0.202. The van der Waals surface area contributed by atoms with Crippen LogP contribution in [0.2, 0.25) is 0 Å². The first kappa shape index (κ1) is 23.4. The van der Waals surface area contributed by atoms with E-state index in [2.05, 4.69) is 44.2 Å². The highest BCUT2D eigenvalue weighted by molar-refractivity contribution is 7.29. The van der Waals surface area contributed by atoms with E-state index in [1.807, 2.05) is 6.20 Å². The number of nitrogen functional groups attached to an aromatic ring is 1. The number of benzene rings is 1. The summed E-state index contributed by atoms with van der Waals surface area (Å²) in [5.41, 5.74) is 10.4. The molecule has 0 spiro atoms. The van der Waals surface area contributed by atoms with E-state index in [1.165, 1.54) is 6.20 Å². The summed E-state index contributed by atoms with van der Waals surface area (Å²) >= 11 is 1.07. The molecule has 2 unspecified atom stereocenters. The van der Waals surface area contributed by atoms with Crippen molar-refractivity contribution in [1.29, 1.82) is 5.26 Å². The van der Waals surface area contributed by atoms with Crippen LogP contribution in [0.3, 0.4) is 0 Å². The van der Waals surface area contributed by atoms with Gasteiger partial charge in [0.25, 0.3) is 0 Å². The minimum absolute atomic E-state index is 0.251. The molecule has 1 fully saturated rings. The summed E-state index contributed by atoms with van der Waals surface area (Å²) in [4.78, 5) is 18.8. The lowest BCUT2D eigenvalue weighted by Gasteiger charge is -2.36. The highest BCUT2D eigenvalue weighted by atomic mass is 32.1. The Hall–Kier alpha value is -2.96. The summed E-state index contributed by atoms with van der Waals surface area (Å²) in [6.45, 7) is 2.59. The number of nitriles is 1. The van der Waals surface area contributed by atoms with Gasteiger partial charge in [-0.05, 0) is 38.1 Å². The molecule has 184 valence electrons. The predicted octanol–water partition coefficient (Wildman–Crippen LogP) is 3.56. The molecule has 6 rings (SSSR count). The van der Waals surface area contributed by atoms with E-state index in [1.54, 1.807) is 0 Å². The molecule has 1 saturated heterocycles. The number of nitrogens with two attached hydrogens (primary N) is 1. The van der Waals surface area contributed by atoms with Gasteiger partial charge < -0.3 is 20.3 Å². The Kier molecular flexibility index (Phi) is 5.77. The van der Waals surface area contributed by atoms with Gasteiger partial charge in [-0.3, -0.25) is 4.98 Å². The zero-order valence-corrected chi connectivity index (χ0v) is 22.0. The molecular formula is C25H25FN7OPS. The summed E-state index contributed by atoms with van der Waals surface area (Å²) in [7, 11) is 7.02.